The molecule has 0 atom stereocenters. The van der Waals surface area contributed by atoms with Gasteiger partial charge in [0.25, 0.3) is 0 Å². The van der Waals surface area contributed by atoms with Gasteiger partial charge in [-0.15, -0.1) is 0 Å². The second kappa shape index (κ2) is 3.16. The summed E-state index contributed by atoms with van der Waals surface area (Å²) in [6, 6.07) is 5.75. The van der Waals surface area contributed by atoms with Crippen molar-refractivity contribution >= 4 is 10.9 Å². The fourth-order valence-corrected chi connectivity index (χ4v) is 1.27. The van der Waals surface area contributed by atoms with Crippen molar-refractivity contribution in [3.8, 4) is 0 Å². The fourth-order valence-electron chi connectivity index (χ4n) is 1.27. The van der Waals surface area contributed by atoms with Gasteiger partial charge >= 0.3 is 0 Å². The van der Waals surface area contributed by atoms with Crippen LogP contribution in [0.5, 0.6) is 0 Å². The molecule has 1 aromatic heterocycles. The van der Waals surface area contributed by atoms with Gasteiger partial charge in [0.2, 0.25) is 0 Å². The van der Waals surface area contributed by atoms with Gasteiger partial charge in [0, 0.05) is 19.0 Å². The van der Waals surface area contributed by atoms with Gasteiger partial charge in [0.15, 0.2) is 0 Å². The number of nitrogens with zero attached hydrogens (tertiary/aromatic N) is 2. The molecule has 0 aliphatic rings. The summed E-state index contributed by atoms with van der Waals surface area (Å²) in [7, 11) is 1.60. The molecule has 1 heterocycles. The van der Waals surface area contributed by atoms with Crippen LogP contribution in [-0.2, 0) is 6.54 Å². The Hall–Kier alpha value is -1.39. The van der Waals surface area contributed by atoms with Crippen LogP contribution in [0.4, 0.5) is 0 Å². The maximum Gasteiger partial charge on any atom is 0.131 e. The van der Waals surface area contributed by atoms with Crippen molar-refractivity contribution in [1.82, 2.24) is 10.2 Å². The van der Waals surface area contributed by atoms with E-state index in [9.17, 15) is 0 Å². The van der Waals surface area contributed by atoms with Crippen LogP contribution in [0.1, 0.15) is 5.56 Å². The fraction of sp³-hybridized carbons (Fsp3) is 0.222. The first-order chi connectivity index (χ1) is 6.25. The first-order valence-electron chi connectivity index (χ1n) is 3.99. The largest absolute Gasteiger partial charge is 0.364 e. The maximum absolute atomic E-state index is 9.02. The maximum atomic E-state index is 9.02. The average Bonchev–Trinajstić information content (AvgIpc) is 2.49. The topological polar surface area (TPSA) is 49.5 Å². The Morgan fingerprint density at radius 3 is 3.15 bits per heavy atom. The van der Waals surface area contributed by atoms with Crippen molar-refractivity contribution in [3.63, 3.8) is 0 Å². The lowest BCUT2D eigenvalue weighted by Gasteiger charge is -2.06. The Labute approximate surface area is 75.3 Å². The normalized spacial score (nSPS) is 11.3. The van der Waals surface area contributed by atoms with E-state index in [4.69, 9.17) is 9.73 Å². The minimum absolute atomic E-state index is 0.489. The van der Waals surface area contributed by atoms with E-state index >= 15 is 0 Å². The van der Waals surface area contributed by atoms with Gasteiger partial charge < -0.3 is 9.73 Å². The zero-order chi connectivity index (χ0) is 9.26. The van der Waals surface area contributed by atoms with Gasteiger partial charge in [0.1, 0.15) is 11.8 Å². The van der Waals surface area contributed by atoms with Crippen LogP contribution in [-0.4, -0.2) is 22.5 Å². The third-order valence-corrected chi connectivity index (χ3v) is 1.84. The van der Waals surface area contributed by atoms with E-state index in [-0.39, 0.29) is 0 Å². The summed E-state index contributed by atoms with van der Waals surface area (Å²) in [4.78, 5) is 0. The molecule has 0 saturated heterocycles. The lowest BCUT2D eigenvalue weighted by atomic mass is 10.2. The smallest absolute Gasteiger partial charge is 0.131 e. The number of hydrogen-bond acceptors (Lipinski definition) is 4. The summed E-state index contributed by atoms with van der Waals surface area (Å²) in [5.41, 5.74) is 1.82. The standard InChI is InChI=1S/C9H10N2O2/c1-11(12)5-7-2-3-8-6-13-10-9(8)4-7/h2-4,6,12H,5H2,1H3. The Morgan fingerprint density at radius 2 is 2.38 bits per heavy atom. The van der Waals surface area contributed by atoms with Crippen LogP contribution in [0.15, 0.2) is 29.0 Å². The van der Waals surface area contributed by atoms with E-state index in [1.54, 1.807) is 13.3 Å². The molecule has 4 heteroatoms. The summed E-state index contributed by atoms with van der Waals surface area (Å²) < 4.78 is 4.80. The van der Waals surface area contributed by atoms with Crippen molar-refractivity contribution in [2.45, 2.75) is 6.54 Å². The molecule has 1 aromatic carbocycles. The molecule has 0 aliphatic carbocycles. The van der Waals surface area contributed by atoms with Gasteiger partial charge in [0.05, 0.1) is 0 Å². The summed E-state index contributed by atoms with van der Waals surface area (Å²) in [5, 5.41) is 14.9. The molecule has 68 valence electrons. The van der Waals surface area contributed by atoms with Crippen molar-refractivity contribution < 1.29 is 9.73 Å². The first kappa shape index (κ1) is 8.22. The van der Waals surface area contributed by atoms with Crippen LogP contribution in [0.2, 0.25) is 0 Å². The highest BCUT2D eigenvalue weighted by Gasteiger charge is 2.01. The molecule has 2 aromatic rings. The molecule has 13 heavy (non-hydrogen) atoms. The number of hydroxylamine groups is 2. The summed E-state index contributed by atoms with van der Waals surface area (Å²) >= 11 is 0. The van der Waals surface area contributed by atoms with Crippen LogP contribution in [0, 0.1) is 0 Å². The van der Waals surface area contributed by atoms with Gasteiger partial charge in [-0.2, -0.15) is 5.06 Å². The minimum atomic E-state index is 0.489. The highest BCUT2D eigenvalue weighted by atomic mass is 16.5. The highest BCUT2D eigenvalue weighted by Crippen LogP contribution is 2.14. The molecule has 0 unspecified atom stereocenters. The monoisotopic (exact) mass is 178 g/mol. The van der Waals surface area contributed by atoms with E-state index in [1.807, 2.05) is 18.2 Å². The Balaban J connectivity index is 2.37. The van der Waals surface area contributed by atoms with E-state index in [1.165, 1.54) is 0 Å². The SMILES string of the molecule is CN(O)Cc1ccc2conc2c1. The number of benzene rings is 1. The quantitative estimate of drug-likeness (QED) is 0.710. The number of hydrogen-bond donors (Lipinski definition) is 1. The Bertz CT molecular complexity index is 409. The average molecular weight is 178 g/mol. The molecule has 0 amide bonds. The summed E-state index contributed by atoms with van der Waals surface area (Å²) in [6.07, 6.45) is 1.60. The second-order valence-electron chi connectivity index (χ2n) is 3.02. The third-order valence-electron chi connectivity index (χ3n) is 1.84. The molecule has 2 rings (SSSR count). The van der Waals surface area contributed by atoms with Crippen LogP contribution in [0.25, 0.3) is 10.9 Å². The van der Waals surface area contributed by atoms with Crippen molar-refractivity contribution in [2.75, 3.05) is 7.05 Å². The Kier molecular flexibility index (Phi) is 2.00. The lowest BCUT2D eigenvalue weighted by Crippen LogP contribution is -2.11. The van der Waals surface area contributed by atoms with Crippen molar-refractivity contribution in [2.24, 2.45) is 0 Å². The number of aromatic nitrogens is 1. The number of rotatable bonds is 2. The molecule has 0 saturated carbocycles. The zero-order valence-corrected chi connectivity index (χ0v) is 7.27. The molecular weight excluding hydrogens is 168 g/mol. The van der Waals surface area contributed by atoms with Crippen LogP contribution >= 0.6 is 0 Å². The molecule has 1 N–H and O–H groups in total. The van der Waals surface area contributed by atoms with E-state index < -0.39 is 0 Å². The molecule has 4 nitrogen and oxygen atoms in total. The first-order valence-corrected chi connectivity index (χ1v) is 3.99. The molecule has 0 radical (unpaired) electrons. The van der Waals surface area contributed by atoms with Gasteiger partial charge in [-0.25, -0.2) is 0 Å². The van der Waals surface area contributed by atoms with Gasteiger partial charge in [-0.05, 0) is 17.7 Å². The van der Waals surface area contributed by atoms with Crippen molar-refractivity contribution in [1.29, 1.82) is 0 Å². The van der Waals surface area contributed by atoms with Crippen LogP contribution < -0.4 is 0 Å². The minimum Gasteiger partial charge on any atom is -0.364 e. The molecule has 0 fully saturated rings. The lowest BCUT2D eigenvalue weighted by molar-refractivity contribution is -0.0731. The number of fused-ring (bicyclic) bond motifs is 1. The predicted octanol–water partition coefficient (Wildman–Crippen LogP) is 1.65. The summed E-state index contributed by atoms with van der Waals surface area (Å²) in [5.74, 6) is 0. The highest BCUT2D eigenvalue weighted by molar-refractivity contribution is 5.77. The van der Waals surface area contributed by atoms with Crippen LogP contribution in [0.3, 0.4) is 0 Å². The Morgan fingerprint density at radius 1 is 1.54 bits per heavy atom. The van der Waals surface area contributed by atoms with E-state index in [0.29, 0.717) is 6.54 Å². The second-order valence-corrected chi connectivity index (χ2v) is 3.02. The summed E-state index contributed by atoms with van der Waals surface area (Å²) in [6.45, 7) is 0.489. The van der Waals surface area contributed by atoms with E-state index in [0.717, 1.165) is 21.5 Å². The third kappa shape index (κ3) is 1.68. The molecule has 0 bridgehead atoms. The van der Waals surface area contributed by atoms with Gasteiger partial charge in [-0.1, -0.05) is 11.2 Å². The predicted molar refractivity (Wildman–Crippen MR) is 47.3 cm³/mol. The van der Waals surface area contributed by atoms with Gasteiger partial charge in [-0.3, -0.25) is 0 Å². The molecule has 0 aliphatic heterocycles. The van der Waals surface area contributed by atoms with E-state index in [2.05, 4.69) is 5.16 Å². The molecule has 0 spiro atoms. The van der Waals surface area contributed by atoms with Crippen molar-refractivity contribution in [3.05, 3.63) is 30.0 Å². The zero-order valence-electron chi connectivity index (χ0n) is 7.27. The molecular formula is C9H10N2O2.